The van der Waals surface area contributed by atoms with E-state index < -0.39 is 0 Å². The van der Waals surface area contributed by atoms with Crippen LogP contribution in [0.2, 0.25) is 0 Å². The molecule has 0 saturated heterocycles. The molecule has 0 aliphatic rings. The summed E-state index contributed by atoms with van der Waals surface area (Å²) >= 11 is 0. The first-order valence-corrected chi connectivity index (χ1v) is 21.7. The monoisotopic (exact) mass is 814 g/mol. The van der Waals surface area contributed by atoms with Crippen molar-refractivity contribution < 1.29 is 4.42 Å². The molecule has 5 nitrogen and oxygen atoms in total. The second-order valence-corrected chi connectivity index (χ2v) is 16.7. The number of hydrogen-bond acceptors (Lipinski definition) is 4. The fourth-order valence-corrected chi connectivity index (χ4v) is 10.2. The van der Waals surface area contributed by atoms with E-state index >= 15 is 0 Å². The minimum absolute atomic E-state index is 0.556. The van der Waals surface area contributed by atoms with Crippen LogP contribution in [-0.4, -0.2) is 19.5 Å². The lowest BCUT2D eigenvalue weighted by molar-refractivity contribution is 0.670. The van der Waals surface area contributed by atoms with E-state index in [1.165, 1.54) is 48.7 Å². The van der Waals surface area contributed by atoms with Gasteiger partial charge >= 0.3 is 0 Å². The molecule has 14 rings (SSSR count). The highest BCUT2D eigenvalue weighted by molar-refractivity contribution is 6.23. The molecular weight excluding hydrogens is 781 g/mol. The molecule has 5 heteroatoms. The first-order valence-electron chi connectivity index (χ1n) is 21.7. The van der Waals surface area contributed by atoms with Gasteiger partial charge in [-0.15, -0.1) is 0 Å². The van der Waals surface area contributed by atoms with Gasteiger partial charge < -0.3 is 8.98 Å². The van der Waals surface area contributed by atoms with Crippen molar-refractivity contribution >= 4 is 97.6 Å². The van der Waals surface area contributed by atoms with Gasteiger partial charge in [0.2, 0.25) is 0 Å². The summed E-state index contributed by atoms with van der Waals surface area (Å²) in [6, 6.07) is 73.4. The van der Waals surface area contributed by atoms with Crippen molar-refractivity contribution in [2.75, 3.05) is 0 Å². The normalized spacial score (nSPS) is 12.1. The van der Waals surface area contributed by atoms with Gasteiger partial charge in [0, 0.05) is 43.7 Å². The summed E-state index contributed by atoms with van der Waals surface area (Å²) in [6.45, 7) is 0. The first kappa shape index (κ1) is 35.0. The molecule has 0 amide bonds. The molecule has 14 aromatic rings. The highest BCUT2D eigenvalue weighted by Gasteiger charge is 2.22. The van der Waals surface area contributed by atoms with Crippen LogP contribution in [0.25, 0.3) is 137 Å². The smallest absolute Gasteiger partial charge is 0.167 e. The fraction of sp³-hybridized carbons (Fsp3) is 0. The van der Waals surface area contributed by atoms with Crippen LogP contribution in [0.15, 0.2) is 211 Å². The summed E-state index contributed by atoms with van der Waals surface area (Å²) < 4.78 is 9.39. The Bertz CT molecular complexity index is 4260. The van der Waals surface area contributed by atoms with Crippen LogP contribution in [0.5, 0.6) is 0 Å². The number of hydrogen-bond donors (Lipinski definition) is 0. The zero-order chi connectivity index (χ0) is 41.9. The van der Waals surface area contributed by atoms with Gasteiger partial charge in [-0.05, 0) is 90.9 Å². The van der Waals surface area contributed by atoms with Crippen molar-refractivity contribution in [2.24, 2.45) is 0 Å². The van der Waals surface area contributed by atoms with Crippen molar-refractivity contribution in [1.82, 2.24) is 19.5 Å². The van der Waals surface area contributed by atoms with E-state index in [-0.39, 0.29) is 0 Å². The van der Waals surface area contributed by atoms with Crippen LogP contribution in [-0.2, 0) is 0 Å². The molecule has 0 aliphatic heterocycles. The van der Waals surface area contributed by atoms with Gasteiger partial charge in [-0.2, -0.15) is 0 Å². The highest BCUT2D eigenvalue weighted by Crippen LogP contribution is 2.43. The van der Waals surface area contributed by atoms with Crippen LogP contribution >= 0.6 is 0 Å². The third-order valence-electron chi connectivity index (χ3n) is 13.2. The Kier molecular flexibility index (Phi) is 7.33. The predicted molar refractivity (Wildman–Crippen MR) is 265 cm³/mol. The fourth-order valence-electron chi connectivity index (χ4n) is 10.2. The van der Waals surface area contributed by atoms with Gasteiger partial charge in [0.25, 0.3) is 0 Å². The number of rotatable bonds is 4. The average Bonchev–Trinajstić information content (AvgIpc) is 3.91. The van der Waals surface area contributed by atoms with E-state index in [0.717, 1.165) is 71.2 Å². The van der Waals surface area contributed by atoms with Gasteiger partial charge in [0.15, 0.2) is 17.5 Å². The number of nitrogens with zero attached hydrogens (tertiary/aromatic N) is 4. The first-order chi connectivity index (χ1) is 31.7. The lowest BCUT2D eigenvalue weighted by Gasteiger charge is -2.12. The molecule has 0 bridgehead atoms. The summed E-state index contributed by atoms with van der Waals surface area (Å²) in [7, 11) is 0. The molecule has 3 heterocycles. The van der Waals surface area contributed by atoms with Crippen molar-refractivity contribution in [3.63, 3.8) is 0 Å². The topological polar surface area (TPSA) is 56.7 Å². The quantitative estimate of drug-likeness (QED) is 0.166. The highest BCUT2D eigenvalue weighted by atomic mass is 16.3. The summed E-state index contributed by atoms with van der Waals surface area (Å²) in [6.07, 6.45) is 0. The van der Waals surface area contributed by atoms with Crippen molar-refractivity contribution in [2.45, 2.75) is 0 Å². The van der Waals surface area contributed by atoms with Crippen LogP contribution < -0.4 is 0 Å². The van der Waals surface area contributed by atoms with E-state index in [1.54, 1.807) is 0 Å². The molecule has 0 radical (unpaired) electrons. The molecule has 3 aromatic heterocycles. The Morgan fingerprint density at radius 1 is 0.344 bits per heavy atom. The number of aromatic nitrogens is 4. The summed E-state index contributed by atoms with van der Waals surface area (Å²) in [5, 5.41) is 16.2. The van der Waals surface area contributed by atoms with Crippen molar-refractivity contribution in [3.05, 3.63) is 206 Å². The minimum Gasteiger partial charge on any atom is -0.455 e. The molecule has 0 fully saturated rings. The lowest BCUT2D eigenvalue weighted by Crippen LogP contribution is -2.01. The molecule has 11 aromatic carbocycles. The standard InChI is InChI=1S/C59H34N4O/c1-2-14-37(15-3-1)57-60-58(62-59(61-57)51-32-40-18-7-8-19-42(40)44-21-10-11-22-45(44)51)48-24-12-23-47-54-49-34-41(28-25-36(49)27-30-53(54)64-56(47)48)63-52-33-39-17-5-4-16-38(39)31-50(52)46-29-26-35-13-6-9-20-43(35)55(46)63/h1-34H. The van der Waals surface area contributed by atoms with Crippen molar-refractivity contribution in [1.29, 1.82) is 0 Å². The van der Waals surface area contributed by atoms with E-state index in [0.29, 0.717) is 17.5 Å². The van der Waals surface area contributed by atoms with Crippen LogP contribution in [0.1, 0.15) is 0 Å². The number of fused-ring (bicyclic) bond motifs is 14. The molecule has 0 aliphatic carbocycles. The summed E-state index contributed by atoms with van der Waals surface area (Å²) in [5.41, 5.74) is 7.70. The van der Waals surface area contributed by atoms with E-state index in [2.05, 4.69) is 193 Å². The molecule has 0 N–H and O–H groups in total. The SMILES string of the molecule is c1ccc(-c2nc(-c3cc4ccccc4c4ccccc34)nc(-c3cccc4c3oc3ccc5ccc(-n6c7cc8ccccc8cc7c7ccc8ccccc8c76)cc5c34)n2)cc1. The molecule has 296 valence electrons. The molecule has 0 unspecified atom stereocenters. The maximum absolute atomic E-state index is 6.93. The van der Waals surface area contributed by atoms with Crippen LogP contribution in [0.4, 0.5) is 0 Å². The molecule has 0 atom stereocenters. The van der Waals surface area contributed by atoms with Crippen LogP contribution in [0.3, 0.4) is 0 Å². The van der Waals surface area contributed by atoms with Gasteiger partial charge in [0.1, 0.15) is 11.2 Å². The summed E-state index contributed by atoms with van der Waals surface area (Å²) in [5.74, 6) is 1.77. The van der Waals surface area contributed by atoms with E-state index in [4.69, 9.17) is 19.4 Å². The Morgan fingerprint density at radius 2 is 0.969 bits per heavy atom. The van der Waals surface area contributed by atoms with Gasteiger partial charge in [-0.25, -0.2) is 15.0 Å². The predicted octanol–water partition coefficient (Wildman–Crippen LogP) is 15.6. The third kappa shape index (κ3) is 5.15. The molecular formula is C59H34N4O. The Labute approximate surface area is 366 Å². The maximum atomic E-state index is 6.93. The van der Waals surface area contributed by atoms with Gasteiger partial charge in [-0.1, -0.05) is 164 Å². The average molecular weight is 815 g/mol. The largest absolute Gasteiger partial charge is 0.455 e. The second-order valence-electron chi connectivity index (χ2n) is 16.7. The van der Waals surface area contributed by atoms with E-state index in [9.17, 15) is 0 Å². The Morgan fingerprint density at radius 3 is 1.81 bits per heavy atom. The number of para-hydroxylation sites is 1. The van der Waals surface area contributed by atoms with Crippen molar-refractivity contribution in [3.8, 4) is 39.9 Å². The Hall–Kier alpha value is -8.67. The zero-order valence-corrected chi connectivity index (χ0v) is 34.3. The molecule has 0 saturated carbocycles. The van der Waals surface area contributed by atoms with Gasteiger partial charge in [-0.3, -0.25) is 0 Å². The minimum atomic E-state index is 0.556. The maximum Gasteiger partial charge on any atom is 0.167 e. The number of benzene rings is 11. The van der Waals surface area contributed by atoms with E-state index in [1.807, 2.05) is 18.2 Å². The van der Waals surface area contributed by atoms with Gasteiger partial charge in [0.05, 0.1) is 16.6 Å². The summed E-state index contributed by atoms with van der Waals surface area (Å²) in [4.78, 5) is 15.7. The number of furan rings is 1. The zero-order valence-electron chi connectivity index (χ0n) is 34.3. The Balaban J connectivity index is 1.02. The molecule has 0 spiro atoms. The second kappa shape index (κ2) is 13.4. The lowest BCUT2D eigenvalue weighted by atomic mass is 9.97. The van der Waals surface area contributed by atoms with Crippen LogP contribution in [0, 0.1) is 0 Å². The third-order valence-corrected chi connectivity index (χ3v) is 13.2. The molecule has 64 heavy (non-hydrogen) atoms.